The van der Waals surface area contributed by atoms with Gasteiger partial charge in [0, 0.05) is 16.3 Å². The third kappa shape index (κ3) is 2.89. The van der Waals surface area contributed by atoms with Crippen molar-refractivity contribution in [2.75, 3.05) is 6.79 Å². The van der Waals surface area contributed by atoms with Crippen molar-refractivity contribution in [2.24, 2.45) is 5.73 Å². The van der Waals surface area contributed by atoms with E-state index in [0.29, 0.717) is 26.6 Å². The topological polar surface area (TPSA) is 53.7 Å². The number of fused-ring (bicyclic) bond motifs is 1. The maximum absolute atomic E-state index is 5.70. The molecular weight excluding hydrogens is 262 g/mol. The molecule has 0 radical (unpaired) electrons. The van der Waals surface area contributed by atoms with E-state index in [1.54, 1.807) is 11.3 Å². The SMILES string of the molecule is NCc1ccc(COCc2ccc3c(c2)OCO3)s1. The average Bonchev–Trinajstić information content (AvgIpc) is 3.06. The van der Waals surface area contributed by atoms with Crippen LogP contribution in [-0.2, 0) is 24.5 Å². The van der Waals surface area contributed by atoms with E-state index in [4.69, 9.17) is 19.9 Å². The molecule has 2 N–H and O–H groups in total. The Morgan fingerprint density at radius 1 is 1.05 bits per heavy atom. The first-order chi connectivity index (χ1) is 9.35. The summed E-state index contributed by atoms with van der Waals surface area (Å²) in [6.45, 7) is 2.06. The molecule has 0 amide bonds. The molecule has 19 heavy (non-hydrogen) atoms. The standard InChI is InChI=1S/C14H15NO3S/c15-6-11-2-3-12(19-11)8-16-7-10-1-4-13-14(5-10)18-9-17-13/h1-5H,6-9,15H2. The second-order valence-electron chi connectivity index (χ2n) is 4.25. The molecule has 0 saturated heterocycles. The van der Waals surface area contributed by atoms with Crippen molar-refractivity contribution < 1.29 is 14.2 Å². The Balaban J connectivity index is 1.54. The summed E-state index contributed by atoms with van der Waals surface area (Å²) in [7, 11) is 0. The van der Waals surface area contributed by atoms with Crippen LogP contribution in [0.2, 0.25) is 0 Å². The maximum Gasteiger partial charge on any atom is 0.231 e. The Morgan fingerprint density at radius 2 is 1.89 bits per heavy atom. The quantitative estimate of drug-likeness (QED) is 0.913. The van der Waals surface area contributed by atoms with Crippen LogP contribution < -0.4 is 15.2 Å². The van der Waals surface area contributed by atoms with Crippen molar-refractivity contribution in [1.29, 1.82) is 0 Å². The summed E-state index contributed by atoms with van der Waals surface area (Å²) in [5.41, 5.74) is 6.66. The van der Waals surface area contributed by atoms with Crippen molar-refractivity contribution in [2.45, 2.75) is 19.8 Å². The molecule has 2 heterocycles. The Kier molecular flexibility index (Phi) is 3.68. The smallest absolute Gasteiger partial charge is 0.231 e. The molecule has 4 nitrogen and oxygen atoms in total. The predicted octanol–water partition coefficient (Wildman–Crippen LogP) is 2.65. The average molecular weight is 277 g/mol. The van der Waals surface area contributed by atoms with E-state index in [-0.39, 0.29) is 0 Å². The summed E-state index contributed by atoms with van der Waals surface area (Å²) >= 11 is 1.69. The predicted molar refractivity (Wildman–Crippen MR) is 73.3 cm³/mol. The van der Waals surface area contributed by atoms with Gasteiger partial charge in [-0.3, -0.25) is 0 Å². The van der Waals surface area contributed by atoms with Gasteiger partial charge in [0.15, 0.2) is 11.5 Å². The van der Waals surface area contributed by atoms with Crippen molar-refractivity contribution in [3.8, 4) is 11.5 Å². The minimum atomic E-state index is 0.302. The molecule has 0 unspecified atom stereocenters. The summed E-state index contributed by atoms with van der Waals surface area (Å²) < 4.78 is 16.3. The minimum absolute atomic E-state index is 0.302. The van der Waals surface area contributed by atoms with Crippen LogP contribution in [0, 0.1) is 0 Å². The fourth-order valence-electron chi connectivity index (χ4n) is 1.91. The van der Waals surface area contributed by atoms with Crippen LogP contribution >= 0.6 is 11.3 Å². The number of thiophene rings is 1. The highest BCUT2D eigenvalue weighted by atomic mass is 32.1. The summed E-state index contributed by atoms with van der Waals surface area (Å²) in [6, 6.07) is 9.98. The molecule has 5 heteroatoms. The van der Waals surface area contributed by atoms with Gasteiger partial charge in [0.2, 0.25) is 6.79 Å². The zero-order valence-electron chi connectivity index (χ0n) is 10.4. The van der Waals surface area contributed by atoms with Gasteiger partial charge >= 0.3 is 0 Å². The van der Waals surface area contributed by atoms with E-state index < -0.39 is 0 Å². The third-order valence-electron chi connectivity index (χ3n) is 2.87. The highest BCUT2D eigenvalue weighted by Crippen LogP contribution is 2.32. The lowest BCUT2D eigenvalue weighted by atomic mass is 10.2. The molecule has 100 valence electrons. The maximum atomic E-state index is 5.70. The number of hydrogen-bond donors (Lipinski definition) is 1. The molecule has 1 aliphatic heterocycles. The molecule has 0 aliphatic carbocycles. The number of nitrogens with two attached hydrogens (primary N) is 1. The van der Waals surface area contributed by atoms with E-state index in [1.165, 1.54) is 9.75 Å². The molecule has 0 fully saturated rings. The van der Waals surface area contributed by atoms with Gasteiger partial charge < -0.3 is 19.9 Å². The van der Waals surface area contributed by atoms with Crippen LogP contribution in [-0.4, -0.2) is 6.79 Å². The molecule has 0 bridgehead atoms. The molecule has 0 atom stereocenters. The van der Waals surface area contributed by atoms with Crippen LogP contribution in [0.5, 0.6) is 11.5 Å². The Bertz CT molecular complexity index is 568. The highest BCUT2D eigenvalue weighted by molar-refractivity contribution is 7.11. The van der Waals surface area contributed by atoms with Crippen molar-refractivity contribution >= 4 is 11.3 Å². The molecule has 2 aromatic rings. The molecule has 1 aromatic carbocycles. The summed E-state index contributed by atoms with van der Waals surface area (Å²) in [6.07, 6.45) is 0. The number of hydrogen-bond acceptors (Lipinski definition) is 5. The van der Waals surface area contributed by atoms with Crippen LogP contribution in [0.3, 0.4) is 0 Å². The van der Waals surface area contributed by atoms with Crippen LogP contribution in [0.15, 0.2) is 30.3 Å². The second kappa shape index (κ2) is 5.61. The largest absolute Gasteiger partial charge is 0.454 e. The van der Waals surface area contributed by atoms with E-state index in [2.05, 4.69) is 6.07 Å². The highest BCUT2D eigenvalue weighted by Gasteiger charge is 2.13. The second-order valence-corrected chi connectivity index (χ2v) is 5.51. The van der Waals surface area contributed by atoms with Crippen molar-refractivity contribution in [3.05, 3.63) is 45.6 Å². The lowest BCUT2D eigenvalue weighted by molar-refractivity contribution is 0.109. The van der Waals surface area contributed by atoms with Crippen molar-refractivity contribution in [1.82, 2.24) is 0 Å². The lowest BCUT2D eigenvalue weighted by Gasteiger charge is -2.04. The van der Waals surface area contributed by atoms with Gasteiger partial charge in [0.05, 0.1) is 13.2 Å². The first kappa shape index (κ1) is 12.5. The fourth-order valence-corrected chi connectivity index (χ4v) is 2.74. The zero-order valence-corrected chi connectivity index (χ0v) is 11.2. The summed E-state index contributed by atoms with van der Waals surface area (Å²) in [5.74, 6) is 1.59. The van der Waals surface area contributed by atoms with Gasteiger partial charge in [0.25, 0.3) is 0 Å². The van der Waals surface area contributed by atoms with Gasteiger partial charge in [-0.1, -0.05) is 6.07 Å². The lowest BCUT2D eigenvalue weighted by Crippen LogP contribution is -1.93. The molecule has 1 aromatic heterocycles. The number of benzene rings is 1. The summed E-state index contributed by atoms with van der Waals surface area (Å²) in [5, 5.41) is 0. The number of rotatable bonds is 5. The molecule has 3 rings (SSSR count). The minimum Gasteiger partial charge on any atom is -0.454 e. The van der Waals surface area contributed by atoms with E-state index in [0.717, 1.165) is 17.1 Å². The Hall–Kier alpha value is -1.56. The van der Waals surface area contributed by atoms with Crippen molar-refractivity contribution in [3.63, 3.8) is 0 Å². The Labute approximate surface area is 115 Å². The van der Waals surface area contributed by atoms with Crippen LogP contribution in [0.25, 0.3) is 0 Å². The first-order valence-corrected chi connectivity index (χ1v) is 6.91. The molecule has 0 saturated carbocycles. The van der Waals surface area contributed by atoms with Gasteiger partial charge in [-0.15, -0.1) is 11.3 Å². The summed E-state index contributed by atoms with van der Waals surface area (Å²) in [4.78, 5) is 2.38. The molecular formula is C14H15NO3S. The van der Waals surface area contributed by atoms with Gasteiger partial charge in [0.1, 0.15) is 0 Å². The van der Waals surface area contributed by atoms with Gasteiger partial charge in [-0.25, -0.2) is 0 Å². The monoisotopic (exact) mass is 277 g/mol. The molecule has 1 aliphatic rings. The van der Waals surface area contributed by atoms with Crippen LogP contribution in [0.4, 0.5) is 0 Å². The zero-order chi connectivity index (χ0) is 13.1. The Morgan fingerprint density at radius 3 is 2.74 bits per heavy atom. The van der Waals surface area contributed by atoms with Gasteiger partial charge in [-0.2, -0.15) is 0 Å². The van der Waals surface area contributed by atoms with Gasteiger partial charge in [-0.05, 0) is 29.8 Å². The van der Waals surface area contributed by atoms with E-state index in [1.807, 2.05) is 24.3 Å². The first-order valence-electron chi connectivity index (χ1n) is 6.09. The molecule has 0 spiro atoms. The normalized spacial score (nSPS) is 12.9. The van der Waals surface area contributed by atoms with Crippen LogP contribution in [0.1, 0.15) is 15.3 Å². The fraction of sp³-hybridized carbons (Fsp3) is 0.286. The third-order valence-corrected chi connectivity index (χ3v) is 3.95. The van der Waals surface area contributed by atoms with E-state index >= 15 is 0 Å². The number of ether oxygens (including phenoxy) is 3. The van der Waals surface area contributed by atoms with E-state index in [9.17, 15) is 0 Å².